The quantitative estimate of drug-likeness (QED) is 0.282. The number of benzene rings is 2. The summed E-state index contributed by atoms with van der Waals surface area (Å²) in [5.74, 6) is 0.173. The second-order valence-corrected chi connectivity index (χ2v) is 8.39. The molecule has 2 aromatic carbocycles. The molecule has 1 atom stereocenters. The summed E-state index contributed by atoms with van der Waals surface area (Å²) in [6, 6.07) is 14.2. The summed E-state index contributed by atoms with van der Waals surface area (Å²) in [5.41, 5.74) is 2.65. The van der Waals surface area contributed by atoms with Crippen LogP contribution in [-0.4, -0.2) is 20.4 Å². The van der Waals surface area contributed by atoms with E-state index in [0.29, 0.717) is 27.9 Å². The van der Waals surface area contributed by atoms with Gasteiger partial charge in [-0.3, -0.25) is 19.7 Å². The van der Waals surface area contributed by atoms with Gasteiger partial charge >= 0.3 is 0 Å². The van der Waals surface area contributed by atoms with Gasteiger partial charge in [-0.1, -0.05) is 53.7 Å². The first-order valence-corrected chi connectivity index (χ1v) is 10.7. The van der Waals surface area contributed by atoms with E-state index >= 15 is 0 Å². The number of thioether (sulfide) groups is 1. The maximum atomic E-state index is 13.0. The van der Waals surface area contributed by atoms with E-state index in [1.54, 1.807) is 23.7 Å². The van der Waals surface area contributed by atoms with Crippen LogP contribution < -0.4 is 10.9 Å². The molecule has 0 fully saturated rings. The molecule has 1 amide bonds. The van der Waals surface area contributed by atoms with E-state index in [1.165, 1.54) is 29.5 Å². The van der Waals surface area contributed by atoms with Gasteiger partial charge in [-0.2, -0.15) is 4.98 Å². The summed E-state index contributed by atoms with van der Waals surface area (Å²) in [6.07, 6.45) is 0.0287. The molecule has 0 spiro atoms. The normalized spacial score (nSPS) is 15.3. The molecule has 1 N–H and O–H groups in total. The molecule has 0 bridgehead atoms. The van der Waals surface area contributed by atoms with Gasteiger partial charge in [0.1, 0.15) is 5.82 Å². The molecular weight excluding hydrogens is 416 g/mol. The summed E-state index contributed by atoms with van der Waals surface area (Å²) in [6.45, 7) is 2.02. The number of nitrogens with one attached hydrogen (secondary N) is 1. The van der Waals surface area contributed by atoms with Gasteiger partial charge in [0.25, 0.3) is 11.2 Å². The summed E-state index contributed by atoms with van der Waals surface area (Å²) < 4.78 is 1.71. The first-order valence-electron chi connectivity index (χ1n) is 9.67. The van der Waals surface area contributed by atoms with Gasteiger partial charge in [-0.05, 0) is 18.1 Å². The van der Waals surface area contributed by atoms with Crippen LogP contribution in [0.25, 0.3) is 0 Å². The van der Waals surface area contributed by atoms with Gasteiger partial charge in [0.15, 0.2) is 5.16 Å². The van der Waals surface area contributed by atoms with Crippen molar-refractivity contribution in [1.82, 2.24) is 9.55 Å². The SMILES string of the molecule is Cc1ccc(CSc2nc(=O)c3c(n2C)NC(=O)CC3c2cccc([N+](=O)[O-])c2)cc1. The number of aryl methyl sites for hydroxylation is 1. The number of nitrogens with zero attached hydrogens (tertiary/aromatic N) is 3. The zero-order chi connectivity index (χ0) is 22.1. The minimum Gasteiger partial charge on any atom is -0.312 e. The van der Waals surface area contributed by atoms with Crippen LogP contribution in [0.2, 0.25) is 0 Å². The number of carbonyl (C=O) groups excluding carboxylic acids is 1. The Balaban J connectivity index is 1.71. The van der Waals surface area contributed by atoms with E-state index in [9.17, 15) is 19.7 Å². The van der Waals surface area contributed by atoms with Crippen molar-refractivity contribution < 1.29 is 9.72 Å². The largest absolute Gasteiger partial charge is 0.312 e. The molecule has 8 nitrogen and oxygen atoms in total. The molecule has 3 aromatic rings. The molecule has 0 saturated heterocycles. The number of aromatic nitrogens is 2. The van der Waals surface area contributed by atoms with Crippen molar-refractivity contribution in [2.24, 2.45) is 7.05 Å². The van der Waals surface area contributed by atoms with Gasteiger partial charge in [-0.15, -0.1) is 0 Å². The van der Waals surface area contributed by atoms with Crippen LogP contribution in [0.5, 0.6) is 0 Å². The lowest BCUT2D eigenvalue weighted by molar-refractivity contribution is -0.384. The summed E-state index contributed by atoms with van der Waals surface area (Å²) in [5, 5.41) is 14.4. The van der Waals surface area contributed by atoms with Crippen LogP contribution in [0.15, 0.2) is 58.5 Å². The standard InChI is InChI=1S/C22H20N4O4S/c1-13-6-8-14(9-7-13)12-31-22-24-21(28)19-17(11-18(27)23-20(19)25(22)2)15-4-3-5-16(10-15)26(29)30/h3-10,17H,11-12H2,1-2H3,(H,23,27). The first kappa shape index (κ1) is 20.8. The molecule has 31 heavy (non-hydrogen) atoms. The van der Waals surface area contributed by atoms with Gasteiger partial charge in [0, 0.05) is 37.3 Å². The lowest BCUT2D eigenvalue weighted by Crippen LogP contribution is -2.33. The van der Waals surface area contributed by atoms with E-state index in [0.717, 1.165) is 5.56 Å². The Morgan fingerprint density at radius 1 is 1.23 bits per heavy atom. The number of nitro groups is 1. The maximum absolute atomic E-state index is 13.0. The Morgan fingerprint density at radius 3 is 2.68 bits per heavy atom. The van der Waals surface area contributed by atoms with Crippen LogP contribution >= 0.6 is 11.8 Å². The van der Waals surface area contributed by atoms with Gasteiger partial charge < -0.3 is 9.88 Å². The molecule has 1 aliphatic rings. The van der Waals surface area contributed by atoms with Crippen molar-refractivity contribution in [2.45, 2.75) is 30.2 Å². The number of hydrogen-bond donors (Lipinski definition) is 1. The van der Waals surface area contributed by atoms with Crippen LogP contribution in [0, 0.1) is 17.0 Å². The van der Waals surface area contributed by atoms with Crippen molar-refractivity contribution in [3.05, 3.63) is 91.3 Å². The van der Waals surface area contributed by atoms with Crippen molar-refractivity contribution in [3.63, 3.8) is 0 Å². The fourth-order valence-corrected chi connectivity index (χ4v) is 4.56. The van der Waals surface area contributed by atoms with E-state index in [-0.39, 0.29) is 18.0 Å². The average Bonchev–Trinajstić information content (AvgIpc) is 2.75. The smallest absolute Gasteiger partial charge is 0.279 e. The summed E-state index contributed by atoms with van der Waals surface area (Å²) in [7, 11) is 1.75. The van der Waals surface area contributed by atoms with Crippen molar-refractivity contribution in [3.8, 4) is 0 Å². The van der Waals surface area contributed by atoms with Crippen molar-refractivity contribution in [1.29, 1.82) is 0 Å². The molecule has 0 radical (unpaired) electrons. The highest BCUT2D eigenvalue weighted by atomic mass is 32.2. The topological polar surface area (TPSA) is 107 Å². The number of fused-ring (bicyclic) bond motifs is 1. The number of anilines is 1. The molecule has 4 rings (SSSR count). The highest BCUT2D eigenvalue weighted by Crippen LogP contribution is 2.37. The Labute approximate surface area is 182 Å². The molecule has 1 unspecified atom stereocenters. The van der Waals surface area contributed by atoms with Gasteiger partial charge in [0.2, 0.25) is 5.91 Å². The van der Waals surface area contributed by atoms with Crippen molar-refractivity contribution >= 4 is 29.2 Å². The summed E-state index contributed by atoms with van der Waals surface area (Å²) >= 11 is 1.41. The third-order valence-electron chi connectivity index (χ3n) is 5.27. The van der Waals surface area contributed by atoms with E-state index < -0.39 is 16.4 Å². The van der Waals surface area contributed by atoms with Crippen LogP contribution in [0.3, 0.4) is 0 Å². The van der Waals surface area contributed by atoms with Gasteiger partial charge in [-0.25, -0.2) is 0 Å². The molecule has 158 valence electrons. The van der Waals surface area contributed by atoms with Crippen LogP contribution in [0.4, 0.5) is 11.5 Å². The molecule has 0 aliphatic carbocycles. The number of carbonyl (C=O) groups is 1. The molecule has 0 saturated carbocycles. The number of rotatable bonds is 5. The van der Waals surface area contributed by atoms with Crippen LogP contribution in [0.1, 0.15) is 34.6 Å². The summed E-state index contributed by atoms with van der Waals surface area (Å²) in [4.78, 5) is 40.3. The van der Waals surface area contributed by atoms with E-state index in [2.05, 4.69) is 10.3 Å². The Morgan fingerprint density at radius 2 is 1.97 bits per heavy atom. The maximum Gasteiger partial charge on any atom is 0.279 e. The van der Waals surface area contributed by atoms with Crippen LogP contribution in [-0.2, 0) is 17.6 Å². The zero-order valence-corrected chi connectivity index (χ0v) is 17.8. The Kier molecular flexibility index (Phi) is 5.60. The third kappa shape index (κ3) is 4.22. The fraction of sp³-hybridized carbons (Fsp3) is 0.227. The lowest BCUT2D eigenvalue weighted by atomic mass is 9.86. The minimum absolute atomic E-state index is 0.0287. The highest BCUT2D eigenvalue weighted by Gasteiger charge is 2.32. The second kappa shape index (κ2) is 8.35. The van der Waals surface area contributed by atoms with Gasteiger partial charge in [0.05, 0.1) is 10.5 Å². The predicted octanol–water partition coefficient (Wildman–Crippen LogP) is 3.76. The number of nitro benzene ring substituents is 1. The average molecular weight is 436 g/mol. The Bertz CT molecular complexity index is 1240. The minimum atomic E-state index is -0.592. The monoisotopic (exact) mass is 436 g/mol. The molecule has 1 aliphatic heterocycles. The van der Waals surface area contributed by atoms with Crippen molar-refractivity contribution in [2.75, 3.05) is 5.32 Å². The van der Waals surface area contributed by atoms with E-state index in [4.69, 9.17) is 0 Å². The number of amides is 1. The first-order chi connectivity index (χ1) is 14.8. The molecule has 1 aromatic heterocycles. The predicted molar refractivity (Wildman–Crippen MR) is 118 cm³/mol. The zero-order valence-electron chi connectivity index (χ0n) is 17.0. The molecule has 9 heteroatoms. The fourth-order valence-electron chi connectivity index (χ4n) is 3.64. The van der Waals surface area contributed by atoms with E-state index in [1.807, 2.05) is 31.2 Å². The molecule has 2 heterocycles. The third-order valence-corrected chi connectivity index (χ3v) is 6.37. The molecular formula is C22H20N4O4S. The lowest BCUT2D eigenvalue weighted by Gasteiger charge is -2.27. The number of non-ortho nitro benzene ring substituents is 1. The Hall–Kier alpha value is -3.46. The number of hydrogen-bond acceptors (Lipinski definition) is 6. The second-order valence-electron chi connectivity index (χ2n) is 7.45. The highest BCUT2D eigenvalue weighted by molar-refractivity contribution is 7.98.